The molecule has 0 spiro atoms. The van der Waals surface area contributed by atoms with Crippen molar-refractivity contribution in [3.63, 3.8) is 0 Å². The van der Waals surface area contributed by atoms with Crippen LogP contribution in [0.1, 0.15) is 22.5 Å². The molecule has 0 unspecified atom stereocenters. The highest BCUT2D eigenvalue weighted by Gasteiger charge is 2.15. The first-order valence-corrected chi connectivity index (χ1v) is 12.1. The first-order chi connectivity index (χ1) is 17.8. The molecular formula is C28H25Cl2N5O2. The normalized spacial score (nSPS) is 11.2. The predicted octanol–water partition coefficient (Wildman–Crippen LogP) is 6.80. The van der Waals surface area contributed by atoms with Gasteiger partial charge >= 0.3 is 0 Å². The maximum Gasteiger partial charge on any atom is 0.139 e. The number of aromatic nitrogens is 2. The quantitative estimate of drug-likeness (QED) is 0.266. The van der Waals surface area contributed by atoms with Gasteiger partial charge in [0.15, 0.2) is 0 Å². The number of nitrogens with zero attached hydrogens (tertiary/aromatic N) is 4. The molecule has 2 aromatic heterocycles. The van der Waals surface area contributed by atoms with Crippen LogP contribution in [0.2, 0.25) is 10.0 Å². The molecular weight excluding hydrogens is 509 g/mol. The van der Waals surface area contributed by atoms with Gasteiger partial charge < -0.3 is 19.7 Å². The molecule has 0 aliphatic carbocycles. The standard InChI is InChI=1S/C28H25Cl2N5O2/c1-35(2)16-20-7-5-6-19(33-20)9-8-17-10-24-21(11-26(17)36-3)28(18(14-31)15-32-24)34-25-13-27(37-4)23(30)12-22(25)29/h5-13,15H,16H2,1-4H3,(H,32,34)/b9-8+. The lowest BCUT2D eigenvalue weighted by molar-refractivity contribution is 0.397. The second-order valence-electron chi connectivity index (χ2n) is 8.49. The Morgan fingerprint density at radius 2 is 1.81 bits per heavy atom. The van der Waals surface area contributed by atoms with E-state index in [0.29, 0.717) is 49.4 Å². The Bertz CT molecular complexity index is 1530. The summed E-state index contributed by atoms with van der Waals surface area (Å²) < 4.78 is 11.0. The molecule has 2 aromatic carbocycles. The van der Waals surface area contributed by atoms with Gasteiger partial charge in [0.2, 0.25) is 0 Å². The van der Waals surface area contributed by atoms with Gasteiger partial charge in [0.05, 0.1) is 58.1 Å². The molecule has 0 saturated carbocycles. The number of benzene rings is 2. The molecule has 0 aliphatic rings. The van der Waals surface area contributed by atoms with Crippen molar-refractivity contribution >= 4 is 57.6 Å². The molecule has 1 N–H and O–H groups in total. The van der Waals surface area contributed by atoms with Gasteiger partial charge in [-0.15, -0.1) is 0 Å². The average Bonchev–Trinajstić information content (AvgIpc) is 2.88. The van der Waals surface area contributed by atoms with Crippen LogP contribution in [0.15, 0.2) is 48.7 Å². The summed E-state index contributed by atoms with van der Waals surface area (Å²) in [6.07, 6.45) is 5.40. The number of ether oxygens (including phenoxy) is 2. The van der Waals surface area contributed by atoms with Crippen LogP contribution in [0.25, 0.3) is 23.1 Å². The summed E-state index contributed by atoms with van der Waals surface area (Å²) in [5, 5.41) is 14.5. The summed E-state index contributed by atoms with van der Waals surface area (Å²) in [4.78, 5) is 11.3. The van der Waals surface area contributed by atoms with E-state index in [1.54, 1.807) is 19.2 Å². The lowest BCUT2D eigenvalue weighted by Gasteiger charge is -2.16. The fraction of sp³-hybridized carbons (Fsp3) is 0.179. The lowest BCUT2D eigenvalue weighted by Crippen LogP contribution is -2.11. The van der Waals surface area contributed by atoms with Gasteiger partial charge in [0.1, 0.15) is 17.6 Å². The Balaban J connectivity index is 1.77. The van der Waals surface area contributed by atoms with Crippen LogP contribution >= 0.6 is 23.2 Å². The SMILES string of the molecule is COc1cc(Nc2c(C#N)cnc3cc(/C=C/c4cccc(CN(C)C)n4)c(OC)cc23)c(Cl)cc1Cl. The highest BCUT2D eigenvalue weighted by atomic mass is 35.5. The number of anilines is 2. The fourth-order valence-electron chi connectivity index (χ4n) is 3.86. The molecule has 0 fully saturated rings. The van der Waals surface area contributed by atoms with E-state index in [1.807, 2.05) is 56.6 Å². The monoisotopic (exact) mass is 533 g/mol. The van der Waals surface area contributed by atoms with Crippen molar-refractivity contribution in [3.8, 4) is 17.6 Å². The molecule has 37 heavy (non-hydrogen) atoms. The van der Waals surface area contributed by atoms with E-state index in [2.05, 4.69) is 21.3 Å². The highest BCUT2D eigenvalue weighted by molar-refractivity contribution is 6.37. The van der Waals surface area contributed by atoms with Crippen LogP contribution < -0.4 is 14.8 Å². The van der Waals surface area contributed by atoms with Crippen LogP contribution in [-0.2, 0) is 6.54 Å². The fourth-order valence-corrected chi connectivity index (χ4v) is 4.36. The van der Waals surface area contributed by atoms with Gasteiger partial charge in [0.25, 0.3) is 0 Å². The molecule has 0 radical (unpaired) electrons. The zero-order valence-electron chi connectivity index (χ0n) is 20.8. The van der Waals surface area contributed by atoms with E-state index in [4.69, 9.17) is 37.7 Å². The molecule has 0 saturated heterocycles. The highest BCUT2D eigenvalue weighted by Crippen LogP contribution is 2.39. The van der Waals surface area contributed by atoms with Crippen molar-refractivity contribution in [1.82, 2.24) is 14.9 Å². The first kappa shape index (κ1) is 26.2. The third-order valence-electron chi connectivity index (χ3n) is 5.58. The van der Waals surface area contributed by atoms with Crippen LogP contribution in [0.4, 0.5) is 11.4 Å². The largest absolute Gasteiger partial charge is 0.496 e. The predicted molar refractivity (Wildman–Crippen MR) is 150 cm³/mol. The lowest BCUT2D eigenvalue weighted by atomic mass is 10.0. The van der Waals surface area contributed by atoms with Gasteiger partial charge in [-0.05, 0) is 56.6 Å². The van der Waals surface area contributed by atoms with E-state index in [1.165, 1.54) is 13.3 Å². The second kappa shape index (κ2) is 11.5. The number of nitriles is 1. The molecule has 4 rings (SSSR count). The zero-order chi connectivity index (χ0) is 26.5. The van der Waals surface area contributed by atoms with Crippen molar-refractivity contribution in [2.75, 3.05) is 33.6 Å². The summed E-state index contributed by atoms with van der Waals surface area (Å²) >= 11 is 12.6. The Morgan fingerprint density at radius 1 is 1.03 bits per heavy atom. The number of fused-ring (bicyclic) bond motifs is 1. The number of hydrogen-bond donors (Lipinski definition) is 1. The average molecular weight is 534 g/mol. The Kier molecular flexibility index (Phi) is 8.14. The van der Waals surface area contributed by atoms with Gasteiger partial charge in [0, 0.05) is 29.8 Å². The molecule has 0 atom stereocenters. The number of hydrogen-bond acceptors (Lipinski definition) is 7. The second-order valence-corrected chi connectivity index (χ2v) is 9.30. The van der Waals surface area contributed by atoms with Gasteiger partial charge in [-0.1, -0.05) is 29.3 Å². The third-order valence-corrected chi connectivity index (χ3v) is 6.19. The minimum atomic E-state index is 0.352. The maximum absolute atomic E-state index is 9.78. The van der Waals surface area contributed by atoms with Crippen molar-refractivity contribution in [3.05, 3.63) is 81.2 Å². The molecule has 9 heteroatoms. The molecule has 0 bridgehead atoms. The molecule has 0 amide bonds. The smallest absolute Gasteiger partial charge is 0.139 e. The summed E-state index contributed by atoms with van der Waals surface area (Å²) in [6.45, 7) is 0.755. The van der Waals surface area contributed by atoms with Gasteiger partial charge in [-0.3, -0.25) is 9.97 Å². The summed E-state index contributed by atoms with van der Waals surface area (Å²) in [5.74, 6) is 1.08. The summed E-state index contributed by atoms with van der Waals surface area (Å²) in [6, 6.07) is 15.2. The number of halogens is 2. The first-order valence-electron chi connectivity index (χ1n) is 11.3. The number of pyridine rings is 2. The number of nitrogens with one attached hydrogen (secondary N) is 1. The minimum absolute atomic E-state index is 0.352. The minimum Gasteiger partial charge on any atom is -0.496 e. The number of rotatable bonds is 8. The topological polar surface area (TPSA) is 83.3 Å². The zero-order valence-corrected chi connectivity index (χ0v) is 22.4. The van der Waals surface area contributed by atoms with E-state index in [9.17, 15) is 5.26 Å². The molecule has 188 valence electrons. The Morgan fingerprint density at radius 3 is 2.51 bits per heavy atom. The van der Waals surface area contributed by atoms with Crippen LogP contribution in [0.3, 0.4) is 0 Å². The molecule has 2 heterocycles. The maximum atomic E-state index is 9.78. The van der Waals surface area contributed by atoms with E-state index < -0.39 is 0 Å². The van der Waals surface area contributed by atoms with Crippen molar-refractivity contribution in [1.29, 1.82) is 5.26 Å². The van der Waals surface area contributed by atoms with Crippen molar-refractivity contribution in [2.45, 2.75) is 6.54 Å². The van der Waals surface area contributed by atoms with Gasteiger partial charge in [-0.25, -0.2) is 0 Å². The van der Waals surface area contributed by atoms with E-state index >= 15 is 0 Å². The van der Waals surface area contributed by atoms with Crippen LogP contribution in [0.5, 0.6) is 11.5 Å². The summed E-state index contributed by atoms with van der Waals surface area (Å²) in [5.41, 5.74) is 4.76. The number of methoxy groups -OCH3 is 2. The van der Waals surface area contributed by atoms with E-state index in [-0.39, 0.29) is 0 Å². The van der Waals surface area contributed by atoms with Crippen LogP contribution in [0, 0.1) is 11.3 Å². The van der Waals surface area contributed by atoms with Crippen molar-refractivity contribution < 1.29 is 9.47 Å². The summed E-state index contributed by atoms with van der Waals surface area (Å²) in [7, 11) is 7.14. The van der Waals surface area contributed by atoms with Crippen LogP contribution in [-0.4, -0.2) is 43.2 Å². The Labute approximate surface area is 225 Å². The molecule has 7 nitrogen and oxygen atoms in total. The van der Waals surface area contributed by atoms with E-state index in [0.717, 1.165) is 23.5 Å². The third kappa shape index (κ3) is 5.95. The Hall–Kier alpha value is -3.83. The molecule has 4 aromatic rings. The van der Waals surface area contributed by atoms with Gasteiger partial charge in [-0.2, -0.15) is 5.26 Å². The van der Waals surface area contributed by atoms with Crippen molar-refractivity contribution in [2.24, 2.45) is 0 Å². The molecule has 0 aliphatic heterocycles.